The van der Waals surface area contributed by atoms with Crippen LogP contribution in [0, 0.1) is 17.1 Å². The van der Waals surface area contributed by atoms with Gasteiger partial charge in [-0.2, -0.15) is 5.26 Å². The van der Waals surface area contributed by atoms with E-state index >= 15 is 0 Å². The van der Waals surface area contributed by atoms with Crippen molar-refractivity contribution in [1.82, 2.24) is 14.5 Å². The van der Waals surface area contributed by atoms with Crippen LogP contribution in [-0.4, -0.2) is 46.9 Å². The second kappa shape index (κ2) is 7.64. The molecule has 0 aliphatic carbocycles. The van der Waals surface area contributed by atoms with Gasteiger partial charge in [-0.3, -0.25) is 4.98 Å². The predicted octanol–water partition coefficient (Wildman–Crippen LogP) is 2.37. The molecule has 2 atom stereocenters. The Morgan fingerprint density at radius 2 is 2.21 bits per heavy atom. The first-order valence-corrected chi connectivity index (χ1v) is 9.23. The highest BCUT2D eigenvalue weighted by atomic mass is 19.1. The van der Waals surface area contributed by atoms with Crippen molar-refractivity contribution in [2.45, 2.75) is 25.2 Å². The zero-order valence-corrected chi connectivity index (χ0v) is 15.8. The molecule has 4 rings (SSSR count). The number of piperidine rings is 1. The van der Waals surface area contributed by atoms with Crippen LogP contribution in [-0.2, 0) is 6.54 Å². The van der Waals surface area contributed by atoms with Crippen LogP contribution in [0.2, 0.25) is 0 Å². The molecule has 1 aromatic carbocycles. The molecule has 150 valence electrons. The first-order valence-electron chi connectivity index (χ1n) is 9.23. The number of aromatic nitrogens is 3. The largest absolute Gasteiger partial charge is 0.494 e. The van der Waals surface area contributed by atoms with Crippen LogP contribution in [0.4, 0.5) is 14.7 Å². The van der Waals surface area contributed by atoms with Gasteiger partial charge in [0.15, 0.2) is 0 Å². The molecule has 0 unspecified atom stereocenters. The monoisotopic (exact) mass is 398 g/mol. The van der Waals surface area contributed by atoms with E-state index in [4.69, 9.17) is 15.7 Å². The van der Waals surface area contributed by atoms with Crippen molar-refractivity contribution in [3.8, 4) is 11.8 Å². The highest BCUT2D eigenvalue weighted by Crippen LogP contribution is 2.33. The molecule has 0 bridgehead atoms. The van der Waals surface area contributed by atoms with Gasteiger partial charge in [-0.15, -0.1) is 0 Å². The van der Waals surface area contributed by atoms with Gasteiger partial charge >= 0.3 is 0 Å². The number of imidazole rings is 1. The van der Waals surface area contributed by atoms with E-state index in [-0.39, 0.29) is 0 Å². The van der Waals surface area contributed by atoms with Crippen molar-refractivity contribution in [1.29, 1.82) is 5.26 Å². The number of benzene rings is 1. The number of halogens is 2. The zero-order valence-electron chi connectivity index (χ0n) is 15.8. The van der Waals surface area contributed by atoms with Crippen molar-refractivity contribution in [3.63, 3.8) is 0 Å². The van der Waals surface area contributed by atoms with E-state index in [2.05, 4.69) is 9.97 Å². The quantitative estimate of drug-likeness (QED) is 0.725. The lowest BCUT2D eigenvalue weighted by atomic mass is 10.1. The van der Waals surface area contributed by atoms with Crippen LogP contribution in [0.1, 0.15) is 17.7 Å². The summed E-state index contributed by atoms with van der Waals surface area (Å²) in [6.45, 7) is 1.07. The summed E-state index contributed by atoms with van der Waals surface area (Å²) in [4.78, 5) is 10.8. The number of nitriles is 1. The number of alkyl halides is 1. The van der Waals surface area contributed by atoms with Crippen LogP contribution in [0.15, 0.2) is 30.5 Å². The minimum absolute atomic E-state index is 0.297. The lowest BCUT2D eigenvalue weighted by Crippen LogP contribution is -2.50. The molecule has 0 saturated carbocycles. The number of ether oxygens (including phenoxy) is 1. The third-order valence-electron chi connectivity index (χ3n) is 5.10. The van der Waals surface area contributed by atoms with Gasteiger partial charge in [0.25, 0.3) is 0 Å². The number of methoxy groups -OCH3 is 1. The number of rotatable bonds is 4. The molecular formula is C20H20F2N6O. The number of hydrogen-bond donors (Lipinski definition) is 1. The highest BCUT2D eigenvalue weighted by Gasteiger charge is 2.30. The molecule has 7 nitrogen and oxygen atoms in total. The Morgan fingerprint density at radius 1 is 1.38 bits per heavy atom. The molecule has 2 aromatic heterocycles. The Labute approximate surface area is 166 Å². The number of nitrogens with two attached hydrogens (primary N) is 1. The van der Waals surface area contributed by atoms with Crippen molar-refractivity contribution in [3.05, 3.63) is 47.5 Å². The number of anilines is 1. The van der Waals surface area contributed by atoms with Gasteiger partial charge < -0.3 is 19.9 Å². The van der Waals surface area contributed by atoms with Crippen molar-refractivity contribution in [2.75, 3.05) is 25.1 Å². The molecule has 1 aliphatic heterocycles. The lowest BCUT2D eigenvalue weighted by molar-refractivity contribution is 0.243. The van der Waals surface area contributed by atoms with Crippen LogP contribution < -0.4 is 15.4 Å². The molecule has 29 heavy (non-hydrogen) atoms. The summed E-state index contributed by atoms with van der Waals surface area (Å²) >= 11 is 0. The fourth-order valence-corrected chi connectivity index (χ4v) is 3.61. The molecule has 3 heterocycles. The number of hydrogen-bond acceptors (Lipinski definition) is 6. The van der Waals surface area contributed by atoms with Gasteiger partial charge in [0.1, 0.15) is 29.3 Å². The van der Waals surface area contributed by atoms with Crippen LogP contribution in [0.3, 0.4) is 0 Å². The minimum Gasteiger partial charge on any atom is -0.494 e. The van der Waals surface area contributed by atoms with Gasteiger partial charge in [-0.1, -0.05) is 0 Å². The fourth-order valence-electron chi connectivity index (χ4n) is 3.61. The molecule has 0 amide bonds. The van der Waals surface area contributed by atoms with Crippen molar-refractivity contribution in [2.24, 2.45) is 5.73 Å². The number of nitrogens with zero attached hydrogens (tertiary/aromatic N) is 5. The van der Waals surface area contributed by atoms with Crippen molar-refractivity contribution >= 4 is 17.0 Å². The molecule has 9 heteroatoms. The average molecular weight is 398 g/mol. The predicted molar refractivity (Wildman–Crippen MR) is 104 cm³/mol. The summed E-state index contributed by atoms with van der Waals surface area (Å²) in [6, 6.07) is 7.49. The molecule has 3 aromatic rings. The van der Waals surface area contributed by atoms with Crippen LogP contribution in [0.5, 0.6) is 5.75 Å². The Bertz CT molecular complexity index is 1080. The van der Waals surface area contributed by atoms with Gasteiger partial charge in [0.2, 0.25) is 5.95 Å². The smallest absolute Gasteiger partial charge is 0.207 e. The average Bonchev–Trinajstić information content (AvgIpc) is 3.08. The number of fused-ring (bicyclic) bond motifs is 1. The lowest BCUT2D eigenvalue weighted by Gasteiger charge is -2.34. The minimum atomic E-state index is -1.06. The van der Waals surface area contributed by atoms with E-state index in [0.717, 1.165) is 0 Å². The number of pyridine rings is 1. The fraction of sp³-hybridized carbons (Fsp3) is 0.350. The summed E-state index contributed by atoms with van der Waals surface area (Å²) in [5.41, 5.74) is 8.14. The third kappa shape index (κ3) is 3.59. The second-order valence-electron chi connectivity index (χ2n) is 7.04. The topological polar surface area (TPSA) is 93.0 Å². The zero-order chi connectivity index (χ0) is 20.5. The normalized spacial score (nSPS) is 19.3. The van der Waals surface area contributed by atoms with Crippen LogP contribution >= 0.6 is 0 Å². The Hall–Kier alpha value is -3.25. The van der Waals surface area contributed by atoms with Crippen molar-refractivity contribution < 1.29 is 13.5 Å². The Balaban J connectivity index is 1.83. The standard InChI is InChI=1S/C20H20F2N6O/c1-29-18-7-13(21)6-17-19(18)28(10-14-3-2-12(8-23)9-25-14)20(26-17)27-5-4-15(22)16(24)11-27/h2-3,6-7,9,15-16H,4-5,10-11,24H2,1H3/t15-,16-/m1/s1. The van der Waals surface area contributed by atoms with E-state index in [1.54, 1.807) is 12.1 Å². The summed E-state index contributed by atoms with van der Waals surface area (Å²) in [5.74, 6) is 0.440. The van der Waals surface area contributed by atoms with Crippen LogP contribution in [0.25, 0.3) is 11.0 Å². The van der Waals surface area contributed by atoms with E-state index < -0.39 is 18.0 Å². The summed E-state index contributed by atoms with van der Waals surface area (Å²) in [7, 11) is 1.47. The van der Waals surface area contributed by atoms with E-state index in [1.165, 1.54) is 25.4 Å². The molecule has 0 radical (unpaired) electrons. The molecule has 1 aliphatic rings. The van der Waals surface area contributed by atoms with Gasteiger partial charge in [0.05, 0.1) is 36.5 Å². The molecule has 1 saturated heterocycles. The maximum Gasteiger partial charge on any atom is 0.207 e. The Morgan fingerprint density at radius 3 is 2.86 bits per heavy atom. The first kappa shape index (κ1) is 19.1. The molecule has 0 spiro atoms. The van der Waals surface area contributed by atoms with E-state index in [0.29, 0.717) is 60.0 Å². The summed E-state index contributed by atoms with van der Waals surface area (Å²) in [5, 5.41) is 8.97. The second-order valence-corrected chi connectivity index (χ2v) is 7.04. The summed E-state index contributed by atoms with van der Waals surface area (Å²) < 4.78 is 35.2. The summed E-state index contributed by atoms with van der Waals surface area (Å²) in [6.07, 6.45) is 0.733. The third-order valence-corrected chi connectivity index (χ3v) is 5.10. The molecular weight excluding hydrogens is 378 g/mol. The maximum atomic E-state index is 14.0. The van der Waals surface area contributed by atoms with Gasteiger partial charge in [-0.25, -0.2) is 13.8 Å². The highest BCUT2D eigenvalue weighted by molar-refractivity contribution is 5.85. The van der Waals surface area contributed by atoms with Gasteiger partial charge in [0, 0.05) is 31.4 Å². The molecule has 1 fully saturated rings. The maximum absolute atomic E-state index is 14.0. The van der Waals surface area contributed by atoms with E-state index in [1.807, 2.05) is 15.5 Å². The SMILES string of the molecule is COc1cc(F)cc2nc(N3CC[C@@H](F)[C@H](N)C3)n(Cc3ccc(C#N)cn3)c12. The van der Waals surface area contributed by atoms with Gasteiger partial charge in [-0.05, 0) is 18.6 Å². The van der Waals surface area contributed by atoms with E-state index in [9.17, 15) is 8.78 Å². The molecule has 2 N–H and O–H groups in total. The first-order chi connectivity index (χ1) is 14.0. The Kier molecular flexibility index (Phi) is 5.03.